The molecule has 6 heteroatoms. The van der Waals surface area contributed by atoms with Crippen LogP contribution in [0, 0.1) is 0 Å². The molecule has 0 saturated heterocycles. The van der Waals surface area contributed by atoms with E-state index in [0.717, 1.165) is 32.0 Å². The van der Waals surface area contributed by atoms with E-state index in [0.29, 0.717) is 22.7 Å². The van der Waals surface area contributed by atoms with Crippen LogP contribution in [-0.4, -0.2) is 17.1 Å². The lowest BCUT2D eigenvalue weighted by Crippen LogP contribution is -2.06. The lowest BCUT2D eigenvalue weighted by molar-refractivity contribution is 0.415. The van der Waals surface area contributed by atoms with Crippen LogP contribution >= 0.6 is 15.9 Å². The van der Waals surface area contributed by atoms with E-state index in [-0.39, 0.29) is 0 Å². The predicted molar refractivity (Wildman–Crippen MR) is 121 cm³/mol. The van der Waals surface area contributed by atoms with Crippen LogP contribution in [0.2, 0.25) is 0 Å². The van der Waals surface area contributed by atoms with Crippen molar-refractivity contribution in [2.45, 2.75) is 0 Å². The van der Waals surface area contributed by atoms with Crippen LogP contribution in [0.15, 0.2) is 86.5 Å². The van der Waals surface area contributed by atoms with E-state index < -0.39 is 5.63 Å². The summed E-state index contributed by atoms with van der Waals surface area (Å²) < 4.78 is 11.7. The number of benzene rings is 3. The Labute approximate surface area is 180 Å². The van der Waals surface area contributed by atoms with E-state index in [1.54, 1.807) is 25.3 Å². The van der Waals surface area contributed by atoms with Gasteiger partial charge in [0.1, 0.15) is 16.9 Å². The first-order chi connectivity index (χ1) is 14.6. The van der Waals surface area contributed by atoms with Gasteiger partial charge in [-0.1, -0.05) is 46.3 Å². The van der Waals surface area contributed by atoms with E-state index >= 15 is 0 Å². The van der Waals surface area contributed by atoms with Crippen molar-refractivity contribution in [2.24, 2.45) is 0 Å². The Bertz CT molecular complexity index is 1460. The number of hydrogen-bond donors (Lipinski definition) is 0. The van der Waals surface area contributed by atoms with Crippen molar-refractivity contribution in [2.75, 3.05) is 7.11 Å². The molecule has 0 aliphatic carbocycles. The van der Waals surface area contributed by atoms with Gasteiger partial charge in [0.2, 0.25) is 0 Å². The standard InChI is InChI=1S/C24H15BrN2O3/c1-29-17-8-10-21-15(11-17)12-19(24(28)30-21)23-26-20-9-7-16(25)13-18(20)22(27-23)14-5-3-2-4-6-14/h2-13H,1H3. The van der Waals surface area contributed by atoms with Gasteiger partial charge in [0.15, 0.2) is 5.82 Å². The van der Waals surface area contributed by atoms with Gasteiger partial charge in [-0.3, -0.25) is 0 Å². The Morgan fingerprint density at radius 3 is 2.57 bits per heavy atom. The number of aromatic nitrogens is 2. The monoisotopic (exact) mass is 458 g/mol. The first kappa shape index (κ1) is 18.5. The van der Waals surface area contributed by atoms with Gasteiger partial charge in [-0.2, -0.15) is 0 Å². The molecule has 0 amide bonds. The molecule has 5 nitrogen and oxygen atoms in total. The van der Waals surface area contributed by atoms with Gasteiger partial charge in [-0.05, 0) is 42.5 Å². The Balaban J connectivity index is 1.80. The van der Waals surface area contributed by atoms with Crippen molar-refractivity contribution in [3.63, 3.8) is 0 Å². The van der Waals surface area contributed by atoms with Gasteiger partial charge in [0.05, 0.1) is 18.3 Å². The van der Waals surface area contributed by atoms with Crippen LogP contribution in [0.25, 0.3) is 44.5 Å². The summed E-state index contributed by atoms with van der Waals surface area (Å²) in [6.07, 6.45) is 0. The highest BCUT2D eigenvalue weighted by atomic mass is 79.9. The topological polar surface area (TPSA) is 65.2 Å². The van der Waals surface area contributed by atoms with Crippen LogP contribution < -0.4 is 10.4 Å². The van der Waals surface area contributed by atoms with Gasteiger partial charge < -0.3 is 9.15 Å². The molecular weight excluding hydrogens is 444 g/mol. The molecule has 0 atom stereocenters. The number of methoxy groups -OCH3 is 1. The third-order valence-electron chi connectivity index (χ3n) is 4.89. The molecule has 0 aliphatic heterocycles. The Hall–Kier alpha value is -3.51. The third-order valence-corrected chi connectivity index (χ3v) is 5.38. The summed E-state index contributed by atoms with van der Waals surface area (Å²) >= 11 is 3.52. The maximum atomic E-state index is 12.7. The summed E-state index contributed by atoms with van der Waals surface area (Å²) in [5.74, 6) is 0.999. The minimum absolute atomic E-state index is 0.303. The summed E-state index contributed by atoms with van der Waals surface area (Å²) in [7, 11) is 1.60. The second-order valence-electron chi connectivity index (χ2n) is 6.77. The van der Waals surface area contributed by atoms with Crippen molar-refractivity contribution in [3.05, 3.63) is 87.7 Å². The number of fused-ring (bicyclic) bond motifs is 2. The smallest absolute Gasteiger partial charge is 0.347 e. The molecule has 5 rings (SSSR count). The molecule has 0 fully saturated rings. The van der Waals surface area contributed by atoms with Crippen LogP contribution in [0.1, 0.15) is 0 Å². The number of rotatable bonds is 3. The number of halogens is 1. The normalized spacial score (nSPS) is 11.1. The van der Waals surface area contributed by atoms with Gasteiger partial charge >= 0.3 is 5.63 Å². The van der Waals surface area contributed by atoms with Gasteiger partial charge in [-0.25, -0.2) is 14.8 Å². The molecular formula is C24H15BrN2O3. The highest BCUT2D eigenvalue weighted by Gasteiger charge is 2.16. The minimum atomic E-state index is -0.483. The predicted octanol–water partition coefficient (Wildman–Crippen LogP) is 5.84. The summed E-state index contributed by atoms with van der Waals surface area (Å²) in [6, 6.07) is 22.7. The second-order valence-corrected chi connectivity index (χ2v) is 7.69. The average Bonchev–Trinajstić information content (AvgIpc) is 2.78. The molecule has 0 saturated carbocycles. The lowest BCUT2D eigenvalue weighted by atomic mass is 10.1. The van der Waals surface area contributed by atoms with Crippen molar-refractivity contribution in [1.82, 2.24) is 9.97 Å². The fourth-order valence-electron chi connectivity index (χ4n) is 3.42. The third kappa shape index (κ3) is 3.25. The molecule has 146 valence electrons. The van der Waals surface area contributed by atoms with Gasteiger partial charge in [-0.15, -0.1) is 0 Å². The van der Waals surface area contributed by atoms with Crippen molar-refractivity contribution >= 4 is 37.8 Å². The first-order valence-corrected chi connectivity index (χ1v) is 10.1. The van der Waals surface area contributed by atoms with Crippen LogP contribution in [0.5, 0.6) is 5.75 Å². The van der Waals surface area contributed by atoms with E-state index in [4.69, 9.17) is 14.1 Å². The Morgan fingerprint density at radius 1 is 0.933 bits per heavy atom. The quantitative estimate of drug-likeness (QED) is 0.317. The molecule has 0 unspecified atom stereocenters. The minimum Gasteiger partial charge on any atom is -0.497 e. The van der Waals surface area contributed by atoms with Gasteiger partial charge in [0.25, 0.3) is 0 Å². The summed E-state index contributed by atoms with van der Waals surface area (Å²) in [4.78, 5) is 22.2. The van der Waals surface area contributed by atoms with Crippen LogP contribution in [0.4, 0.5) is 0 Å². The summed E-state index contributed by atoms with van der Waals surface area (Å²) in [5, 5.41) is 1.64. The van der Waals surface area contributed by atoms with Crippen LogP contribution in [-0.2, 0) is 0 Å². The SMILES string of the molecule is COc1ccc2oc(=O)c(-c3nc(-c4ccccc4)c4cc(Br)ccc4n3)cc2c1. The van der Waals surface area contributed by atoms with Crippen molar-refractivity contribution in [3.8, 4) is 28.4 Å². The zero-order valence-corrected chi connectivity index (χ0v) is 17.5. The lowest BCUT2D eigenvalue weighted by Gasteiger charge is -2.10. The second kappa shape index (κ2) is 7.39. The van der Waals surface area contributed by atoms with E-state index in [1.807, 2.05) is 54.6 Å². The molecule has 0 aliphatic rings. The molecule has 5 aromatic rings. The van der Waals surface area contributed by atoms with Gasteiger partial charge in [0, 0.05) is 20.8 Å². The first-order valence-electron chi connectivity index (χ1n) is 9.27. The highest BCUT2D eigenvalue weighted by Crippen LogP contribution is 2.31. The molecule has 2 heterocycles. The Morgan fingerprint density at radius 2 is 1.77 bits per heavy atom. The number of hydrogen-bond acceptors (Lipinski definition) is 5. The molecule has 0 radical (unpaired) electrons. The van der Waals surface area contributed by atoms with Crippen LogP contribution in [0.3, 0.4) is 0 Å². The van der Waals surface area contributed by atoms with Crippen molar-refractivity contribution in [1.29, 1.82) is 0 Å². The van der Waals surface area contributed by atoms with Crippen molar-refractivity contribution < 1.29 is 9.15 Å². The maximum absolute atomic E-state index is 12.7. The molecule has 0 spiro atoms. The fourth-order valence-corrected chi connectivity index (χ4v) is 3.78. The fraction of sp³-hybridized carbons (Fsp3) is 0.0417. The zero-order valence-electron chi connectivity index (χ0n) is 15.9. The molecule has 3 aromatic carbocycles. The summed E-state index contributed by atoms with van der Waals surface area (Å²) in [6.45, 7) is 0. The average molecular weight is 459 g/mol. The molecule has 0 bridgehead atoms. The highest BCUT2D eigenvalue weighted by molar-refractivity contribution is 9.10. The van der Waals surface area contributed by atoms with E-state index in [9.17, 15) is 4.79 Å². The summed E-state index contributed by atoms with van der Waals surface area (Å²) in [5.41, 5.74) is 2.74. The number of nitrogens with zero attached hydrogens (tertiary/aromatic N) is 2. The largest absolute Gasteiger partial charge is 0.497 e. The maximum Gasteiger partial charge on any atom is 0.347 e. The number of ether oxygens (including phenoxy) is 1. The zero-order chi connectivity index (χ0) is 20.7. The van der Waals surface area contributed by atoms with E-state index in [1.165, 1.54) is 0 Å². The molecule has 2 aromatic heterocycles. The Kier molecular flexibility index (Phi) is 4.56. The molecule has 0 N–H and O–H groups in total. The van der Waals surface area contributed by atoms with E-state index in [2.05, 4.69) is 20.9 Å². The molecule has 30 heavy (non-hydrogen) atoms.